The molecule has 3 N–H and O–H groups in total. The van der Waals surface area contributed by atoms with Crippen LogP contribution in [-0.2, 0) is 0 Å². The Bertz CT molecular complexity index is 245. The lowest BCUT2D eigenvalue weighted by atomic mass is 10.0. The Morgan fingerprint density at radius 1 is 1.33 bits per heavy atom. The van der Waals surface area contributed by atoms with Gasteiger partial charge in [0.2, 0.25) is 0 Å². The molecule has 2 atom stereocenters. The average Bonchev–Trinajstić information content (AvgIpc) is 2.04. The monoisotopic (exact) mass is 185 g/mol. The first-order valence-corrected chi connectivity index (χ1v) is 4.18. The van der Waals surface area contributed by atoms with Crippen LogP contribution in [0.15, 0.2) is 24.3 Å². The minimum absolute atomic E-state index is 0.258. The Hall–Kier alpha value is -0.570. The van der Waals surface area contributed by atoms with Crippen LogP contribution in [0.3, 0.4) is 0 Å². The highest BCUT2D eigenvalue weighted by molar-refractivity contribution is 6.30. The van der Waals surface area contributed by atoms with E-state index in [9.17, 15) is 5.11 Å². The van der Waals surface area contributed by atoms with Gasteiger partial charge in [-0.25, -0.2) is 0 Å². The maximum atomic E-state index is 9.52. The summed E-state index contributed by atoms with van der Waals surface area (Å²) in [4.78, 5) is 0. The second-order valence-corrected chi connectivity index (χ2v) is 3.29. The lowest BCUT2D eigenvalue weighted by molar-refractivity contribution is 0.153. The lowest BCUT2D eigenvalue weighted by Gasteiger charge is -2.14. The van der Waals surface area contributed by atoms with E-state index in [0.29, 0.717) is 5.02 Å². The quantitative estimate of drug-likeness (QED) is 0.737. The molecule has 0 amide bonds. The van der Waals surface area contributed by atoms with E-state index < -0.39 is 6.10 Å². The molecule has 3 heteroatoms. The van der Waals surface area contributed by atoms with Gasteiger partial charge < -0.3 is 10.8 Å². The molecular formula is C9H12ClNO. The number of hydrogen-bond acceptors (Lipinski definition) is 2. The van der Waals surface area contributed by atoms with E-state index in [1.165, 1.54) is 0 Å². The number of benzene rings is 1. The highest BCUT2D eigenvalue weighted by atomic mass is 35.5. The summed E-state index contributed by atoms with van der Waals surface area (Å²) in [6.07, 6.45) is -0.609. The molecule has 1 aromatic carbocycles. The van der Waals surface area contributed by atoms with Crippen molar-refractivity contribution in [2.24, 2.45) is 5.73 Å². The SMILES string of the molecule is C[C@H](N)[C@H](O)c1ccc(Cl)cc1. The summed E-state index contributed by atoms with van der Waals surface area (Å²) in [5.74, 6) is 0. The van der Waals surface area contributed by atoms with Gasteiger partial charge in [0.1, 0.15) is 0 Å². The fourth-order valence-corrected chi connectivity index (χ4v) is 1.09. The fourth-order valence-electron chi connectivity index (χ4n) is 0.964. The Morgan fingerprint density at radius 2 is 1.83 bits per heavy atom. The molecule has 0 aliphatic heterocycles. The molecule has 0 fully saturated rings. The molecule has 0 aliphatic carbocycles. The second kappa shape index (κ2) is 3.90. The minimum atomic E-state index is -0.609. The molecule has 66 valence electrons. The summed E-state index contributed by atoms with van der Waals surface area (Å²) in [5, 5.41) is 10.2. The van der Waals surface area contributed by atoms with E-state index in [-0.39, 0.29) is 6.04 Å². The lowest BCUT2D eigenvalue weighted by Crippen LogP contribution is -2.24. The van der Waals surface area contributed by atoms with Gasteiger partial charge in [-0.2, -0.15) is 0 Å². The van der Waals surface area contributed by atoms with Crippen molar-refractivity contribution in [3.8, 4) is 0 Å². The number of rotatable bonds is 2. The fraction of sp³-hybridized carbons (Fsp3) is 0.333. The van der Waals surface area contributed by atoms with Gasteiger partial charge in [0.15, 0.2) is 0 Å². The van der Waals surface area contributed by atoms with Crippen LogP contribution in [0.25, 0.3) is 0 Å². The first-order valence-electron chi connectivity index (χ1n) is 3.80. The van der Waals surface area contributed by atoms with Crippen LogP contribution in [0.5, 0.6) is 0 Å². The van der Waals surface area contributed by atoms with E-state index in [2.05, 4.69) is 0 Å². The van der Waals surface area contributed by atoms with Gasteiger partial charge in [-0.05, 0) is 24.6 Å². The molecule has 0 saturated heterocycles. The Morgan fingerprint density at radius 3 is 2.25 bits per heavy atom. The van der Waals surface area contributed by atoms with Crippen LogP contribution in [0, 0.1) is 0 Å². The predicted octanol–water partition coefficient (Wildman–Crippen LogP) is 1.72. The molecular weight excluding hydrogens is 174 g/mol. The molecule has 1 rings (SSSR count). The summed E-state index contributed by atoms with van der Waals surface area (Å²) in [5.41, 5.74) is 6.32. The zero-order chi connectivity index (χ0) is 9.14. The van der Waals surface area contributed by atoms with Crippen molar-refractivity contribution in [3.05, 3.63) is 34.9 Å². The normalized spacial score (nSPS) is 15.7. The molecule has 12 heavy (non-hydrogen) atoms. The van der Waals surface area contributed by atoms with Crippen LogP contribution in [0.2, 0.25) is 5.02 Å². The van der Waals surface area contributed by atoms with Crippen molar-refractivity contribution in [2.45, 2.75) is 19.1 Å². The Balaban J connectivity index is 2.82. The summed E-state index contributed by atoms with van der Waals surface area (Å²) in [6.45, 7) is 1.76. The summed E-state index contributed by atoms with van der Waals surface area (Å²) in [7, 11) is 0. The zero-order valence-electron chi connectivity index (χ0n) is 6.87. The molecule has 0 saturated carbocycles. The Kier molecular flexibility index (Phi) is 3.09. The van der Waals surface area contributed by atoms with Gasteiger partial charge in [0.25, 0.3) is 0 Å². The van der Waals surface area contributed by atoms with Gasteiger partial charge in [0, 0.05) is 11.1 Å². The first-order chi connectivity index (χ1) is 5.61. The third-order valence-corrected chi connectivity index (χ3v) is 1.96. The maximum Gasteiger partial charge on any atom is 0.0938 e. The van der Waals surface area contributed by atoms with E-state index in [1.54, 1.807) is 31.2 Å². The van der Waals surface area contributed by atoms with E-state index in [1.807, 2.05) is 0 Å². The van der Waals surface area contributed by atoms with E-state index >= 15 is 0 Å². The average molecular weight is 186 g/mol. The molecule has 0 heterocycles. The predicted molar refractivity (Wildman–Crippen MR) is 50.1 cm³/mol. The van der Waals surface area contributed by atoms with Crippen molar-refractivity contribution in [1.29, 1.82) is 0 Å². The molecule has 0 spiro atoms. The van der Waals surface area contributed by atoms with Crippen molar-refractivity contribution < 1.29 is 5.11 Å². The molecule has 0 aromatic heterocycles. The smallest absolute Gasteiger partial charge is 0.0938 e. The van der Waals surface area contributed by atoms with Crippen LogP contribution in [-0.4, -0.2) is 11.1 Å². The summed E-state index contributed by atoms with van der Waals surface area (Å²) in [6, 6.07) is 6.77. The number of nitrogens with two attached hydrogens (primary N) is 1. The third kappa shape index (κ3) is 2.21. The van der Waals surface area contributed by atoms with Crippen molar-refractivity contribution in [2.75, 3.05) is 0 Å². The number of aliphatic hydroxyl groups is 1. The van der Waals surface area contributed by atoms with Crippen molar-refractivity contribution in [1.82, 2.24) is 0 Å². The number of aliphatic hydroxyl groups excluding tert-OH is 1. The highest BCUT2D eigenvalue weighted by Crippen LogP contribution is 2.17. The number of halogens is 1. The highest BCUT2D eigenvalue weighted by Gasteiger charge is 2.11. The summed E-state index contributed by atoms with van der Waals surface area (Å²) < 4.78 is 0. The van der Waals surface area contributed by atoms with Crippen LogP contribution in [0.4, 0.5) is 0 Å². The number of hydrogen-bond donors (Lipinski definition) is 2. The molecule has 0 radical (unpaired) electrons. The second-order valence-electron chi connectivity index (χ2n) is 2.86. The van der Waals surface area contributed by atoms with Gasteiger partial charge in [-0.3, -0.25) is 0 Å². The minimum Gasteiger partial charge on any atom is -0.387 e. The molecule has 0 unspecified atom stereocenters. The van der Waals surface area contributed by atoms with E-state index in [0.717, 1.165) is 5.56 Å². The van der Waals surface area contributed by atoms with Crippen LogP contribution >= 0.6 is 11.6 Å². The van der Waals surface area contributed by atoms with Crippen molar-refractivity contribution >= 4 is 11.6 Å². The summed E-state index contributed by atoms with van der Waals surface area (Å²) >= 11 is 5.68. The van der Waals surface area contributed by atoms with Crippen LogP contribution < -0.4 is 5.73 Å². The first kappa shape index (κ1) is 9.52. The zero-order valence-corrected chi connectivity index (χ0v) is 7.62. The third-order valence-electron chi connectivity index (χ3n) is 1.71. The molecule has 1 aromatic rings. The van der Waals surface area contributed by atoms with Gasteiger partial charge in [-0.1, -0.05) is 23.7 Å². The molecule has 2 nitrogen and oxygen atoms in total. The van der Waals surface area contributed by atoms with Crippen molar-refractivity contribution in [3.63, 3.8) is 0 Å². The van der Waals surface area contributed by atoms with E-state index in [4.69, 9.17) is 17.3 Å². The Labute approximate surface area is 77.0 Å². The topological polar surface area (TPSA) is 46.2 Å². The van der Waals surface area contributed by atoms with Crippen LogP contribution in [0.1, 0.15) is 18.6 Å². The largest absolute Gasteiger partial charge is 0.387 e. The van der Waals surface area contributed by atoms with Gasteiger partial charge in [0.05, 0.1) is 6.10 Å². The maximum absolute atomic E-state index is 9.52. The molecule has 0 aliphatic rings. The van der Waals surface area contributed by atoms with Gasteiger partial charge in [-0.15, -0.1) is 0 Å². The molecule has 0 bridgehead atoms. The standard InChI is InChI=1S/C9H12ClNO/c1-6(11)9(12)7-2-4-8(10)5-3-7/h2-6,9,12H,11H2,1H3/t6-,9-/m0/s1. The van der Waals surface area contributed by atoms with Gasteiger partial charge >= 0.3 is 0 Å².